The van der Waals surface area contributed by atoms with Crippen LogP contribution in [0.15, 0.2) is 28.9 Å². The van der Waals surface area contributed by atoms with Gasteiger partial charge in [0.1, 0.15) is 0 Å². The van der Waals surface area contributed by atoms with E-state index in [9.17, 15) is 9.59 Å². The van der Waals surface area contributed by atoms with E-state index >= 15 is 0 Å². The number of carbonyl (C=O) groups excluding carboxylic acids is 1. The quantitative estimate of drug-likeness (QED) is 0.735. The van der Waals surface area contributed by atoms with Crippen LogP contribution in [-0.4, -0.2) is 38.5 Å². The van der Waals surface area contributed by atoms with E-state index in [-0.39, 0.29) is 11.3 Å². The van der Waals surface area contributed by atoms with Gasteiger partial charge in [0.15, 0.2) is 5.69 Å². The third-order valence-electron chi connectivity index (χ3n) is 2.59. The Kier molecular flexibility index (Phi) is 4.66. The third-order valence-corrected chi connectivity index (χ3v) is 3.25. The first kappa shape index (κ1) is 15.1. The van der Waals surface area contributed by atoms with Crippen LogP contribution in [0.2, 0.25) is 0 Å². The monoisotopic (exact) mass is 353 g/mol. The molecule has 1 aromatic carbocycles. The molecule has 1 aromatic heterocycles. The lowest BCUT2D eigenvalue weighted by molar-refractivity contribution is 0.0696. The Hall–Kier alpha value is -2.26. The summed E-state index contributed by atoms with van der Waals surface area (Å²) in [6, 6.07) is 4.30. The van der Waals surface area contributed by atoms with Crippen LogP contribution in [-0.2, 0) is 6.54 Å². The fourth-order valence-corrected chi connectivity index (χ4v) is 2.06. The number of amides is 1. The maximum absolute atomic E-state index is 12.0. The van der Waals surface area contributed by atoms with Crippen LogP contribution < -0.4 is 11.1 Å². The number of aromatic nitrogens is 3. The molecule has 2 rings (SSSR count). The number of carbonyl (C=O) groups is 2. The van der Waals surface area contributed by atoms with Crippen molar-refractivity contribution in [3.63, 3.8) is 0 Å². The normalized spacial score (nSPS) is 10.4. The Morgan fingerprint density at radius 1 is 1.43 bits per heavy atom. The smallest absolute Gasteiger partial charge is 0.335 e. The van der Waals surface area contributed by atoms with Crippen molar-refractivity contribution in [2.24, 2.45) is 5.73 Å². The molecule has 0 spiro atoms. The van der Waals surface area contributed by atoms with E-state index in [0.717, 1.165) is 0 Å². The first-order chi connectivity index (χ1) is 10.0. The molecule has 2 aromatic rings. The molecule has 9 heteroatoms. The Balaban J connectivity index is 2.13. The Bertz CT molecular complexity index is 685. The average molecular weight is 354 g/mol. The minimum absolute atomic E-state index is 0.119. The van der Waals surface area contributed by atoms with E-state index in [1.54, 1.807) is 0 Å². The van der Waals surface area contributed by atoms with Crippen molar-refractivity contribution in [2.45, 2.75) is 6.54 Å². The lowest BCUT2D eigenvalue weighted by Crippen LogP contribution is -2.13. The number of hydrogen-bond donors (Lipinski definition) is 3. The number of carboxylic acid groups (broad SMARTS) is 1. The van der Waals surface area contributed by atoms with Gasteiger partial charge >= 0.3 is 5.97 Å². The largest absolute Gasteiger partial charge is 0.478 e. The number of nitrogens with one attached hydrogen (secondary N) is 1. The first-order valence-corrected chi connectivity index (χ1v) is 6.75. The zero-order valence-corrected chi connectivity index (χ0v) is 12.4. The van der Waals surface area contributed by atoms with Crippen molar-refractivity contribution in [1.29, 1.82) is 0 Å². The topological polar surface area (TPSA) is 123 Å². The molecule has 0 radical (unpaired) electrons. The predicted molar refractivity (Wildman–Crippen MR) is 78.1 cm³/mol. The zero-order chi connectivity index (χ0) is 15.4. The summed E-state index contributed by atoms with van der Waals surface area (Å²) >= 11 is 3.21. The molecule has 4 N–H and O–H groups in total. The summed E-state index contributed by atoms with van der Waals surface area (Å²) in [7, 11) is 0. The SMILES string of the molecule is NCCn1cc(C(=O)Nc2ccc(C(=O)O)cc2Br)nn1. The number of aromatic carboxylic acids is 1. The van der Waals surface area contributed by atoms with Crippen molar-refractivity contribution in [1.82, 2.24) is 15.0 Å². The van der Waals surface area contributed by atoms with E-state index in [0.29, 0.717) is 23.2 Å². The molecule has 0 aliphatic heterocycles. The fourth-order valence-electron chi connectivity index (χ4n) is 1.58. The highest BCUT2D eigenvalue weighted by Crippen LogP contribution is 2.24. The van der Waals surface area contributed by atoms with Crippen LogP contribution in [0, 0.1) is 0 Å². The number of halogens is 1. The number of rotatable bonds is 5. The van der Waals surface area contributed by atoms with Crippen LogP contribution in [0.4, 0.5) is 5.69 Å². The van der Waals surface area contributed by atoms with Gasteiger partial charge in [0.05, 0.1) is 24.0 Å². The van der Waals surface area contributed by atoms with E-state index in [2.05, 4.69) is 31.6 Å². The van der Waals surface area contributed by atoms with E-state index in [4.69, 9.17) is 10.8 Å². The van der Waals surface area contributed by atoms with Crippen molar-refractivity contribution in [3.05, 3.63) is 40.1 Å². The Morgan fingerprint density at radius 2 is 2.19 bits per heavy atom. The highest BCUT2D eigenvalue weighted by molar-refractivity contribution is 9.10. The highest BCUT2D eigenvalue weighted by atomic mass is 79.9. The molecular weight excluding hydrogens is 342 g/mol. The summed E-state index contributed by atoms with van der Waals surface area (Å²) in [5, 5.41) is 19.0. The molecule has 8 nitrogen and oxygen atoms in total. The number of nitrogens with two attached hydrogens (primary N) is 1. The maximum atomic E-state index is 12.0. The van der Waals surface area contributed by atoms with Gasteiger partial charge in [-0.15, -0.1) is 5.10 Å². The number of nitrogens with zero attached hydrogens (tertiary/aromatic N) is 3. The average Bonchev–Trinajstić information content (AvgIpc) is 2.90. The van der Waals surface area contributed by atoms with Gasteiger partial charge in [-0.25, -0.2) is 4.79 Å². The van der Waals surface area contributed by atoms with Crippen LogP contribution in [0.5, 0.6) is 0 Å². The predicted octanol–water partition coefficient (Wildman–Crippen LogP) is 0.950. The van der Waals surface area contributed by atoms with E-state index in [1.165, 1.54) is 29.1 Å². The summed E-state index contributed by atoms with van der Waals surface area (Å²) < 4.78 is 1.93. The molecule has 110 valence electrons. The van der Waals surface area contributed by atoms with Gasteiger partial charge < -0.3 is 16.2 Å². The summed E-state index contributed by atoms with van der Waals surface area (Å²) in [6.07, 6.45) is 1.49. The number of hydrogen-bond acceptors (Lipinski definition) is 5. The molecule has 1 heterocycles. The molecule has 0 aliphatic rings. The molecule has 0 unspecified atom stereocenters. The van der Waals surface area contributed by atoms with E-state index in [1.807, 2.05) is 0 Å². The second kappa shape index (κ2) is 6.46. The van der Waals surface area contributed by atoms with Gasteiger partial charge in [-0.1, -0.05) is 5.21 Å². The van der Waals surface area contributed by atoms with Crippen molar-refractivity contribution < 1.29 is 14.7 Å². The maximum Gasteiger partial charge on any atom is 0.335 e. The Labute approximate surface area is 128 Å². The molecule has 0 aliphatic carbocycles. The van der Waals surface area contributed by atoms with Gasteiger partial charge in [0.2, 0.25) is 0 Å². The highest BCUT2D eigenvalue weighted by Gasteiger charge is 2.13. The second-order valence-electron chi connectivity index (χ2n) is 4.11. The lowest BCUT2D eigenvalue weighted by Gasteiger charge is -2.06. The minimum Gasteiger partial charge on any atom is -0.478 e. The molecule has 0 atom stereocenters. The zero-order valence-electron chi connectivity index (χ0n) is 10.8. The van der Waals surface area contributed by atoms with Gasteiger partial charge in [-0.2, -0.15) is 0 Å². The van der Waals surface area contributed by atoms with Crippen LogP contribution in [0.1, 0.15) is 20.8 Å². The van der Waals surface area contributed by atoms with Crippen LogP contribution in [0.25, 0.3) is 0 Å². The first-order valence-electron chi connectivity index (χ1n) is 5.95. The van der Waals surface area contributed by atoms with Crippen molar-refractivity contribution in [2.75, 3.05) is 11.9 Å². The van der Waals surface area contributed by atoms with Gasteiger partial charge in [0.25, 0.3) is 5.91 Å². The van der Waals surface area contributed by atoms with E-state index < -0.39 is 11.9 Å². The van der Waals surface area contributed by atoms with Gasteiger partial charge in [-0.05, 0) is 34.1 Å². The summed E-state index contributed by atoms with van der Waals surface area (Å²) in [4.78, 5) is 22.8. The number of carboxylic acids is 1. The molecule has 0 fully saturated rings. The molecule has 0 saturated heterocycles. The molecule has 1 amide bonds. The number of anilines is 1. The minimum atomic E-state index is -1.04. The number of benzene rings is 1. The molecule has 21 heavy (non-hydrogen) atoms. The molecular formula is C12H12BrN5O3. The fraction of sp³-hybridized carbons (Fsp3) is 0.167. The lowest BCUT2D eigenvalue weighted by atomic mass is 10.2. The van der Waals surface area contributed by atoms with Crippen LogP contribution in [0.3, 0.4) is 0 Å². The molecule has 0 bridgehead atoms. The van der Waals surface area contributed by atoms with Crippen molar-refractivity contribution >= 4 is 33.5 Å². The van der Waals surface area contributed by atoms with Gasteiger partial charge in [-0.3, -0.25) is 9.48 Å². The standard InChI is InChI=1S/C12H12BrN5O3/c13-8-5-7(12(20)21)1-2-9(8)15-11(19)10-6-18(4-3-14)17-16-10/h1-2,5-6H,3-4,14H2,(H,15,19)(H,20,21). The summed E-state index contributed by atoms with van der Waals surface area (Å²) in [5.74, 6) is -1.49. The second-order valence-corrected chi connectivity index (χ2v) is 4.96. The van der Waals surface area contributed by atoms with Gasteiger partial charge in [0, 0.05) is 11.0 Å². The Morgan fingerprint density at radius 3 is 2.81 bits per heavy atom. The van der Waals surface area contributed by atoms with Crippen LogP contribution >= 0.6 is 15.9 Å². The summed E-state index contributed by atoms with van der Waals surface area (Å²) in [5.41, 5.74) is 6.10. The third kappa shape index (κ3) is 3.64. The summed E-state index contributed by atoms with van der Waals surface area (Å²) in [6.45, 7) is 0.865. The van der Waals surface area contributed by atoms with Crippen molar-refractivity contribution in [3.8, 4) is 0 Å². The molecule has 0 saturated carbocycles.